The number of pyridine rings is 3. The Bertz CT molecular complexity index is 1110. The summed E-state index contributed by atoms with van der Waals surface area (Å²) in [5.74, 6) is 0. The normalized spacial score (nSPS) is 11.1. The van der Waals surface area contributed by atoms with Crippen molar-refractivity contribution in [1.82, 2.24) is 24.7 Å². The van der Waals surface area contributed by atoms with E-state index in [2.05, 4.69) is 20.1 Å². The minimum Gasteiger partial charge on any atom is -0.329 e. The topological polar surface area (TPSA) is 76.5 Å². The fourth-order valence-corrected chi connectivity index (χ4v) is 3.11. The molecule has 0 atom stereocenters. The number of nitrogens with one attached hydrogen (secondary N) is 1. The lowest BCUT2D eigenvalue weighted by Gasteiger charge is -2.07. The standard InChI is InChI=1S/C19H17N5O/c1-3-24-12(2)17-15(13-6-9-20-10-7-13)11-16(22-18(17)23-24)14-5-4-8-21-19(14)25/h4-11H,3H2,1-2H3,(H,21,25). The highest BCUT2D eigenvalue weighted by atomic mass is 16.1. The first kappa shape index (κ1) is 15.3. The number of hydrogen-bond acceptors (Lipinski definition) is 4. The molecule has 6 heteroatoms. The SMILES string of the molecule is CCn1nc2nc(-c3ccc[nH]c3=O)cc(-c3ccncc3)c2c1C. The molecule has 0 unspecified atom stereocenters. The van der Waals surface area contributed by atoms with Crippen molar-refractivity contribution >= 4 is 11.0 Å². The number of H-pyrrole nitrogens is 1. The number of aromatic amines is 1. The highest BCUT2D eigenvalue weighted by Gasteiger charge is 2.17. The van der Waals surface area contributed by atoms with E-state index >= 15 is 0 Å². The molecule has 25 heavy (non-hydrogen) atoms. The van der Waals surface area contributed by atoms with E-state index in [1.807, 2.05) is 36.7 Å². The summed E-state index contributed by atoms with van der Waals surface area (Å²) in [6.07, 6.45) is 5.14. The Kier molecular flexibility index (Phi) is 3.65. The third-order valence-electron chi connectivity index (χ3n) is 4.35. The molecule has 0 spiro atoms. The number of hydrogen-bond donors (Lipinski definition) is 1. The van der Waals surface area contributed by atoms with Gasteiger partial charge >= 0.3 is 0 Å². The minimum atomic E-state index is -0.165. The summed E-state index contributed by atoms with van der Waals surface area (Å²) in [7, 11) is 0. The van der Waals surface area contributed by atoms with Crippen LogP contribution in [-0.4, -0.2) is 24.7 Å². The van der Waals surface area contributed by atoms with Crippen LogP contribution in [0, 0.1) is 6.92 Å². The Labute approximate surface area is 144 Å². The van der Waals surface area contributed by atoms with Crippen LogP contribution in [0.2, 0.25) is 0 Å². The second-order valence-electron chi connectivity index (χ2n) is 5.80. The van der Waals surface area contributed by atoms with Crippen LogP contribution in [-0.2, 0) is 6.54 Å². The van der Waals surface area contributed by atoms with Gasteiger partial charge in [-0.3, -0.25) is 14.5 Å². The maximum atomic E-state index is 12.2. The van der Waals surface area contributed by atoms with Crippen molar-refractivity contribution in [1.29, 1.82) is 0 Å². The Balaban J connectivity index is 2.08. The largest absolute Gasteiger partial charge is 0.329 e. The maximum Gasteiger partial charge on any atom is 0.257 e. The Morgan fingerprint density at radius 3 is 2.68 bits per heavy atom. The lowest BCUT2D eigenvalue weighted by molar-refractivity contribution is 0.646. The second kappa shape index (κ2) is 5.98. The van der Waals surface area contributed by atoms with Gasteiger partial charge in [0.25, 0.3) is 5.56 Å². The number of aromatic nitrogens is 5. The predicted octanol–water partition coefficient (Wildman–Crippen LogP) is 3.18. The first-order valence-electron chi connectivity index (χ1n) is 8.15. The predicted molar refractivity (Wildman–Crippen MR) is 97.2 cm³/mol. The quantitative estimate of drug-likeness (QED) is 0.625. The Morgan fingerprint density at radius 2 is 1.96 bits per heavy atom. The zero-order chi connectivity index (χ0) is 17.4. The molecule has 124 valence electrons. The molecule has 0 amide bonds. The molecule has 0 aromatic carbocycles. The maximum absolute atomic E-state index is 12.2. The van der Waals surface area contributed by atoms with E-state index in [0.717, 1.165) is 28.8 Å². The van der Waals surface area contributed by atoms with Gasteiger partial charge in [-0.2, -0.15) is 5.10 Å². The van der Waals surface area contributed by atoms with E-state index in [-0.39, 0.29) is 5.56 Å². The summed E-state index contributed by atoms with van der Waals surface area (Å²) in [5.41, 5.74) is 4.71. The van der Waals surface area contributed by atoms with E-state index in [1.165, 1.54) is 0 Å². The van der Waals surface area contributed by atoms with Gasteiger partial charge in [0.15, 0.2) is 5.65 Å². The summed E-state index contributed by atoms with van der Waals surface area (Å²) >= 11 is 0. The second-order valence-corrected chi connectivity index (χ2v) is 5.80. The van der Waals surface area contributed by atoms with Crippen LogP contribution in [0.3, 0.4) is 0 Å². The minimum absolute atomic E-state index is 0.165. The number of rotatable bonds is 3. The monoisotopic (exact) mass is 331 g/mol. The molecule has 0 saturated carbocycles. The molecule has 0 bridgehead atoms. The smallest absolute Gasteiger partial charge is 0.257 e. The van der Waals surface area contributed by atoms with Crippen LogP contribution in [0.25, 0.3) is 33.4 Å². The van der Waals surface area contributed by atoms with Crippen LogP contribution in [0.5, 0.6) is 0 Å². The van der Waals surface area contributed by atoms with Gasteiger partial charge in [-0.15, -0.1) is 0 Å². The average molecular weight is 331 g/mol. The van der Waals surface area contributed by atoms with Gasteiger partial charge in [0.05, 0.1) is 11.3 Å². The third-order valence-corrected chi connectivity index (χ3v) is 4.35. The first-order chi connectivity index (χ1) is 12.2. The van der Waals surface area contributed by atoms with E-state index in [4.69, 9.17) is 0 Å². The van der Waals surface area contributed by atoms with Crippen molar-refractivity contribution in [2.24, 2.45) is 0 Å². The molecule has 0 aliphatic carbocycles. The van der Waals surface area contributed by atoms with Crippen molar-refractivity contribution in [2.75, 3.05) is 0 Å². The van der Waals surface area contributed by atoms with Gasteiger partial charge in [-0.1, -0.05) is 0 Å². The number of aryl methyl sites for hydroxylation is 2. The summed E-state index contributed by atoms with van der Waals surface area (Å²) in [6, 6.07) is 9.43. The molecule has 0 radical (unpaired) electrons. The van der Waals surface area contributed by atoms with Crippen LogP contribution >= 0.6 is 0 Å². The number of fused-ring (bicyclic) bond motifs is 1. The molecule has 4 heterocycles. The fourth-order valence-electron chi connectivity index (χ4n) is 3.11. The van der Waals surface area contributed by atoms with Crippen LogP contribution in [0.15, 0.2) is 53.7 Å². The van der Waals surface area contributed by atoms with Crippen molar-refractivity contribution in [3.8, 4) is 22.4 Å². The summed E-state index contributed by atoms with van der Waals surface area (Å²) in [5, 5.41) is 5.61. The average Bonchev–Trinajstić information content (AvgIpc) is 2.98. The van der Waals surface area contributed by atoms with Crippen molar-refractivity contribution in [3.63, 3.8) is 0 Å². The van der Waals surface area contributed by atoms with Crippen LogP contribution < -0.4 is 5.56 Å². The molecular weight excluding hydrogens is 314 g/mol. The van der Waals surface area contributed by atoms with E-state index in [9.17, 15) is 4.79 Å². The highest BCUT2D eigenvalue weighted by molar-refractivity contribution is 5.96. The summed E-state index contributed by atoms with van der Waals surface area (Å²) in [6.45, 7) is 4.85. The molecule has 4 aromatic rings. The Hall–Kier alpha value is -3.28. The lowest BCUT2D eigenvalue weighted by Crippen LogP contribution is -2.08. The van der Waals surface area contributed by atoms with Gasteiger partial charge in [0.2, 0.25) is 0 Å². The first-order valence-corrected chi connectivity index (χ1v) is 8.15. The van der Waals surface area contributed by atoms with Gasteiger partial charge in [0.1, 0.15) is 0 Å². The molecule has 0 saturated heterocycles. The van der Waals surface area contributed by atoms with Crippen molar-refractivity contribution in [3.05, 3.63) is 65.0 Å². The van der Waals surface area contributed by atoms with Gasteiger partial charge < -0.3 is 4.98 Å². The molecule has 6 nitrogen and oxygen atoms in total. The van der Waals surface area contributed by atoms with Crippen LogP contribution in [0.1, 0.15) is 12.6 Å². The van der Waals surface area contributed by atoms with Gasteiger partial charge in [0, 0.05) is 36.2 Å². The molecule has 0 aliphatic rings. The van der Waals surface area contributed by atoms with Gasteiger partial charge in [-0.05, 0) is 55.3 Å². The molecule has 0 fully saturated rings. The van der Waals surface area contributed by atoms with E-state index < -0.39 is 0 Å². The zero-order valence-electron chi connectivity index (χ0n) is 14.0. The fraction of sp³-hybridized carbons (Fsp3) is 0.158. The molecular formula is C19H17N5O. The van der Waals surface area contributed by atoms with Crippen molar-refractivity contribution < 1.29 is 0 Å². The molecule has 1 N–H and O–H groups in total. The molecule has 4 aromatic heterocycles. The molecule has 4 rings (SSSR count). The van der Waals surface area contributed by atoms with Crippen LogP contribution in [0.4, 0.5) is 0 Å². The van der Waals surface area contributed by atoms with Gasteiger partial charge in [-0.25, -0.2) is 4.98 Å². The molecule has 0 aliphatic heterocycles. The lowest BCUT2D eigenvalue weighted by atomic mass is 10.0. The summed E-state index contributed by atoms with van der Waals surface area (Å²) < 4.78 is 1.93. The summed E-state index contributed by atoms with van der Waals surface area (Å²) in [4.78, 5) is 23.7. The Morgan fingerprint density at radius 1 is 1.16 bits per heavy atom. The number of nitrogens with zero attached hydrogens (tertiary/aromatic N) is 4. The zero-order valence-corrected chi connectivity index (χ0v) is 14.0. The third kappa shape index (κ3) is 2.52. The van der Waals surface area contributed by atoms with E-state index in [0.29, 0.717) is 16.9 Å². The highest BCUT2D eigenvalue weighted by Crippen LogP contribution is 2.32. The van der Waals surface area contributed by atoms with Crippen molar-refractivity contribution in [2.45, 2.75) is 20.4 Å². The van der Waals surface area contributed by atoms with E-state index in [1.54, 1.807) is 30.7 Å².